The van der Waals surface area contributed by atoms with Crippen molar-refractivity contribution >= 4 is 35.0 Å². The van der Waals surface area contributed by atoms with Gasteiger partial charge in [-0.3, -0.25) is 9.69 Å². The van der Waals surface area contributed by atoms with E-state index in [1.54, 1.807) is 12.1 Å². The van der Waals surface area contributed by atoms with Crippen LogP contribution >= 0.6 is 11.6 Å². The van der Waals surface area contributed by atoms with Gasteiger partial charge in [0.05, 0.1) is 0 Å². The van der Waals surface area contributed by atoms with Gasteiger partial charge < -0.3 is 16.0 Å². The Hall–Kier alpha value is -2.38. The maximum absolute atomic E-state index is 12.1. The number of rotatable bonds is 5. The summed E-state index contributed by atoms with van der Waals surface area (Å²) in [5.74, 6) is 1.17. The number of halogens is 1. The number of carbonyl (C=O) groups is 1. The molecule has 3 rings (SSSR count). The third-order valence-electron chi connectivity index (χ3n) is 4.32. The molecule has 0 atom stereocenters. The lowest BCUT2D eigenvalue weighted by atomic mass is 10.2. The number of nitrogens with two attached hydrogens (primary N) is 1. The number of nitrogens with one attached hydrogen (secondary N) is 1. The molecule has 0 aliphatic carbocycles. The monoisotopic (exact) mass is 374 g/mol. The highest BCUT2D eigenvalue weighted by Crippen LogP contribution is 2.17. The van der Waals surface area contributed by atoms with E-state index in [1.807, 2.05) is 25.1 Å². The molecule has 0 spiro atoms. The first kappa shape index (κ1) is 18.4. The van der Waals surface area contributed by atoms with Gasteiger partial charge in [-0.1, -0.05) is 17.7 Å². The molecule has 3 N–H and O–H groups in total. The van der Waals surface area contributed by atoms with Crippen LogP contribution in [0.1, 0.15) is 12.1 Å². The van der Waals surface area contributed by atoms with Crippen molar-refractivity contribution in [1.82, 2.24) is 14.9 Å². The molecule has 1 aromatic carbocycles. The minimum atomic E-state index is -0.00565. The SMILES string of the molecule is Cc1cc(N2CCN(CCC(=O)Nc3cccc(Cl)c3)CC2)nc(N)n1. The molecule has 8 heteroatoms. The van der Waals surface area contributed by atoms with E-state index >= 15 is 0 Å². The molecule has 1 saturated heterocycles. The van der Waals surface area contributed by atoms with E-state index in [0.717, 1.165) is 49.9 Å². The van der Waals surface area contributed by atoms with Crippen molar-refractivity contribution in [2.45, 2.75) is 13.3 Å². The molecule has 1 aliphatic rings. The van der Waals surface area contributed by atoms with Crippen LogP contribution in [0.2, 0.25) is 5.02 Å². The number of hydrogen-bond donors (Lipinski definition) is 2. The first-order chi connectivity index (χ1) is 12.5. The lowest BCUT2D eigenvalue weighted by Crippen LogP contribution is -2.47. The maximum Gasteiger partial charge on any atom is 0.225 e. The van der Waals surface area contributed by atoms with Crippen molar-refractivity contribution < 1.29 is 4.79 Å². The number of amides is 1. The fourth-order valence-electron chi connectivity index (χ4n) is 2.99. The predicted molar refractivity (Wildman–Crippen MR) is 105 cm³/mol. The van der Waals surface area contributed by atoms with Gasteiger partial charge in [0.2, 0.25) is 11.9 Å². The minimum absolute atomic E-state index is 0.00565. The lowest BCUT2D eigenvalue weighted by molar-refractivity contribution is -0.116. The van der Waals surface area contributed by atoms with Gasteiger partial charge in [0, 0.05) is 61.6 Å². The molecule has 2 heterocycles. The second-order valence-electron chi connectivity index (χ2n) is 6.36. The van der Waals surface area contributed by atoms with Crippen LogP contribution in [0.15, 0.2) is 30.3 Å². The summed E-state index contributed by atoms with van der Waals surface area (Å²) in [6.07, 6.45) is 0.450. The van der Waals surface area contributed by atoms with Crippen molar-refractivity contribution in [2.24, 2.45) is 0 Å². The van der Waals surface area contributed by atoms with E-state index in [4.69, 9.17) is 17.3 Å². The zero-order chi connectivity index (χ0) is 18.5. The van der Waals surface area contributed by atoms with Crippen LogP contribution in [-0.4, -0.2) is 53.5 Å². The summed E-state index contributed by atoms with van der Waals surface area (Å²) in [4.78, 5) is 25.0. The topological polar surface area (TPSA) is 87.4 Å². The molecule has 7 nitrogen and oxygen atoms in total. The summed E-state index contributed by atoms with van der Waals surface area (Å²) >= 11 is 5.93. The fraction of sp³-hybridized carbons (Fsp3) is 0.389. The molecule has 0 saturated carbocycles. The molecular weight excluding hydrogens is 352 g/mol. The third kappa shape index (κ3) is 5.06. The summed E-state index contributed by atoms with van der Waals surface area (Å²) in [6.45, 7) is 6.11. The molecule has 1 fully saturated rings. The van der Waals surface area contributed by atoms with E-state index in [0.29, 0.717) is 17.4 Å². The number of anilines is 3. The van der Waals surface area contributed by atoms with Crippen molar-refractivity contribution in [2.75, 3.05) is 48.7 Å². The Morgan fingerprint density at radius 3 is 2.69 bits per heavy atom. The number of aromatic nitrogens is 2. The molecule has 2 aromatic rings. The highest BCUT2D eigenvalue weighted by Gasteiger charge is 2.19. The van der Waals surface area contributed by atoms with E-state index in [1.165, 1.54) is 0 Å². The van der Waals surface area contributed by atoms with E-state index in [-0.39, 0.29) is 5.91 Å². The van der Waals surface area contributed by atoms with Crippen LogP contribution in [0.5, 0.6) is 0 Å². The average molecular weight is 375 g/mol. The van der Waals surface area contributed by atoms with Gasteiger partial charge in [0.1, 0.15) is 5.82 Å². The van der Waals surface area contributed by atoms with E-state index in [9.17, 15) is 4.79 Å². The van der Waals surface area contributed by atoms with Gasteiger partial charge in [-0.05, 0) is 25.1 Å². The van der Waals surface area contributed by atoms with Gasteiger partial charge in [-0.15, -0.1) is 0 Å². The Balaban J connectivity index is 1.44. The summed E-state index contributed by atoms with van der Waals surface area (Å²) in [5.41, 5.74) is 7.33. The van der Waals surface area contributed by atoms with Gasteiger partial charge >= 0.3 is 0 Å². The number of hydrogen-bond acceptors (Lipinski definition) is 6. The summed E-state index contributed by atoms with van der Waals surface area (Å²) in [6, 6.07) is 9.12. The zero-order valence-electron chi connectivity index (χ0n) is 14.8. The molecule has 0 bridgehead atoms. The van der Waals surface area contributed by atoms with Crippen molar-refractivity contribution in [3.8, 4) is 0 Å². The number of benzene rings is 1. The van der Waals surface area contributed by atoms with Gasteiger partial charge in [-0.25, -0.2) is 4.98 Å². The standard InChI is InChI=1S/C18H23ClN6O/c1-13-11-16(23-18(20)21-13)25-9-7-24(8-10-25)6-5-17(26)22-15-4-2-3-14(19)12-15/h2-4,11-12H,5-10H2,1H3,(H,22,26)(H2,20,21,23). The molecule has 1 amide bonds. The Bertz CT molecular complexity index is 756. The van der Waals surface area contributed by atoms with Crippen molar-refractivity contribution in [3.05, 3.63) is 41.0 Å². The van der Waals surface area contributed by atoms with Crippen LogP contribution in [0.3, 0.4) is 0 Å². The van der Waals surface area contributed by atoms with Crippen LogP contribution in [-0.2, 0) is 4.79 Å². The smallest absolute Gasteiger partial charge is 0.225 e. The van der Waals surface area contributed by atoms with Crippen molar-refractivity contribution in [3.63, 3.8) is 0 Å². The fourth-order valence-corrected chi connectivity index (χ4v) is 3.18. The molecule has 1 aromatic heterocycles. The lowest BCUT2D eigenvalue weighted by Gasteiger charge is -2.35. The molecular formula is C18H23ClN6O. The molecule has 26 heavy (non-hydrogen) atoms. The first-order valence-corrected chi connectivity index (χ1v) is 9.01. The number of nitrogens with zero attached hydrogens (tertiary/aromatic N) is 4. The minimum Gasteiger partial charge on any atom is -0.368 e. The summed E-state index contributed by atoms with van der Waals surface area (Å²) in [7, 11) is 0. The largest absolute Gasteiger partial charge is 0.368 e. The Labute approximate surface area is 158 Å². The van der Waals surface area contributed by atoms with Crippen LogP contribution in [0.4, 0.5) is 17.5 Å². The van der Waals surface area contributed by atoms with Gasteiger partial charge in [-0.2, -0.15) is 4.98 Å². The van der Waals surface area contributed by atoms with Crippen LogP contribution in [0, 0.1) is 6.92 Å². The summed E-state index contributed by atoms with van der Waals surface area (Å²) in [5, 5.41) is 3.49. The predicted octanol–water partition coefficient (Wildman–Crippen LogP) is 2.17. The number of carbonyl (C=O) groups excluding carboxylic acids is 1. The third-order valence-corrected chi connectivity index (χ3v) is 4.55. The second kappa shape index (κ2) is 8.33. The number of piperazine rings is 1. The number of aryl methyl sites for hydroxylation is 1. The van der Waals surface area contributed by atoms with Crippen LogP contribution in [0.25, 0.3) is 0 Å². The summed E-state index contributed by atoms with van der Waals surface area (Å²) < 4.78 is 0. The quantitative estimate of drug-likeness (QED) is 0.834. The van der Waals surface area contributed by atoms with Gasteiger partial charge in [0.25, 0.3) is 0 Å². The Kier molecular flexibility index (Phi) is 5.90. The van der Waals surface area contributed by atoms with Gasteiger partial charge in [0.15, 0.2) is 0 Å². The zero-order valence-corrected chi connectivity index (χ0v) is 15.5. The highest BCUT2D eigenvalue weighted by molar-refractivity contribution is 6.30. The van der Waals surface area contributed by atoms with Crippen LogP contribution < -0.4 is 16.0 Å². The first-order valence-electron chi connectivity index (χ1n) is 8.63. The average Bonchev–Trinajstić information content (AvgIpc) is 2.59. The highest BCUT2D eigenvalue weighted by atomic mass is 35.5. The molecule has 1 aliphatic heterocycles. The van der Waals surface area contributed by atoms with Crippen molar-refractivity contribution in [1.29, 1.82) is 0 Å². The molecule has 0 unspecified atom stereocenters. The number of nitrogen functional groups attached to an aromatic ring is 1. The van der Waals surface area contributed by atoms with E-state index < -0.39 is 0 Å². The maximum atomic E-state index is 12.1. The Morgan fingerprint density at radius 1 is 1.23 bits per heavy atom. The molecule has 138 valence electrons. The second-order valence-corrected chi connectivity index (χ2v) is 6.80. The van der Waals surface area contributed by atoms with E-state index in [2.05, 4.69) is 25.1 Å². The molecule has 0 radical (unpaired) electrons. The Morgan fingerprint density at radius 2 is 2.00 bits per heavy atom. The normalized spacial score (nSPS) is 15.1.